The van der Waals surface area contributed by atoms with Crippen molar-refractivity contribution < 1.29 is 30.5 Å². The van der Waals surface area contributed by atoms with E-state index >= 15 is 0 Å². The maximum absolute atomic E-state index is 12.8. The Bertz CT molecular complexity index is 1220. The third-order valence-electron chi connectivity index (χ3n) is 4.92. The summed E-state index contributed by atoms with van der Waals surface area (Å²) in [5.74, 6) is 0.395. The normalized spacial score (nSPS) is 15.2. The molecular formula is C21H26N2O7S2. The smallest absolute Gasteiger partial charge is 0.340 e. The van der Waals surface area contributed by atoms with Gasteiger partial charge in [-0.05, 0) is 49.6 Å². The SMILES string of the molecule is Cc1cc(OCC2(COCC(=N)N)CC2)cc(OS(=O)(=O)c2ccccc2S(C)(=O)=O)c1. The van der Waals surface area contributed by atoms with Crippen molar-refractivity contribution in [2.24, 2.45) is 11.1 Å². The summed E-state index contributed by atoms with van der Waals surface area (Å²) in [6, 6.07) is 10.0. The molecule has 1 aliphatic carbocycles. The molecule has 0 radical (unpaired) electrons. The maximum Gasteiger partial charge on any atom is 0.340 e. The second-order valence-electron chi connectivity index (χ2n) is 8.04. The topological polar surface area (TPSA) is 146 Å². The van der Waals surface area contributed by atoms with Crippen LogP contribution in [-0.4, -0.2) is 48.7 Å². The zero-order valence-electron chi connectivity index (χ0n) is 17.8. The fourth-order valence-corrected chi connectivity index (χ4v) is 5.62. The van der Waals surface area contributed by atoms with Gasteiger partial charge in [-0.25, -0.2) is 8.42 Å². The first-order valence-corrected chi connectivity index (χ1v) is 13.1. The Morgan fingerprint density at radius 3 is 2.25 bits per heavy atom. The molecule has 1 fully saturated rings. The molecule has 0 aromatic heterocycles. The van der Waals surface area contributed by atoms with E-state index in [2.05, 4.69) is 0 Å². The Morgan fingerprint density at radius 1 is 1.03 bits per heavy atom. The van der Waals surface area contributed by atoms with Crippen LogP contribution in [0.5, 0.6) is 11.5 Å². The molecule has 3 N–H and O–H groups in total. The van der Waals surface area contributed by atoms with Gasteiger partial charge >= 0.3 is 10.1 Å². The number of nitrogens with one attached hydrogen (secondary N) is 1. The van der Waals surface area contributed by atoms with Crippen LogP contribution in [0.3, 0.4) is 0 Å². The van der Waals surface area contributed by atoms with Crippen molar-refractivity contribution in [1.82, 2.24) is 0 Å². The molecule has 0 atom stereocenters. The molecule has 0 saturated heterocycles. The van der Waals surface area contributed by atoms with E-state index < -0.39 is 24.9 Å². The van der Waals surface area contributed by atoms with Gasteiger partial charge in [-0.3, -0.25) is 5.41 Å². The molecule has 0 spiro atoms. The Hall–Kier alpha value is -2.63. The standard InChI is InChI=1S/C21H26N2O7S2/c1-15-9-16(29-14-21(7-8-21)13-28-12-20(22)23)11-17(10-15)30-32(26,27)19-6-4-3-5-18(19)31(2,24)25/h3-6,9-11H,7-8,12-14H2,1-2H3,(H3,22,23). The van der Waals surface area contributed by atoms with E-state index in [9.17, 15) is 16.8 Å². The first-order chi connectivity index (χ1) is 14.9. The summed E-state index contributed by atoms with van der Waals surface area (Å²) < 4.78 is 66.2. The van der Waals surface area contributed by atoms with Gasteiger partial charge in [0.05, 0.1) is 18.1 Å². The van der Waals surface area contributed by atoms with Crippen molar-refractivity contribution in [3.63, 3.8) is 0 Å². The van der Waals surface area contributed by atoms with Gasteiger partial charge in [0.15, 0.2) is 9.84 Å². The van der Waals surface area contributed by atoms with Crippen molar-refractivity contribution in [1.29, 1.82) is 5.41 Å². The van der Waals surface area contributed by atoms with Crippen LogP contribution in [0, 0.1) is 17.7 Å². The highest BCUT2D eigenvalue weighted by Crippen LogP contribution is 2.46. The number of amidine groups is 1. The monoisotopic (exact) mass is 482 g/mol. The van der Waals surface area contributed by atoms with Crippen molar-refractivity contribution in [3.05, 3.63) is 48.0 Å². The molecule has 174 valence electrons. The van der Waals surface area contributed by atoms with E-state index in [1.807, 2.05) is 0 Å². The van der Waals surface area contributed by atoms with Gasteiger partial charge in [-0.2, -0.15) is 8.42 Å². The lowest BCUT2D eigenvalue weighted by molar-refractivity contribution is 0.0886. The summed E-state index contributed by atoms with van der Waals surface area (Å²) >= 11 is 0. The molecule has 3 rings (SSSR count). The van der Waals surface area contributed by atoms with Crippen LogP contribution in [0.2, 0.25) is 0 Å². The second-order valence-corrected chi connectivity index (χ2v) is 11.5. The van der Waals surface area contributed by atoms with Crippen LogP contribution in [0.1, 0.15) is 18.4 Å². The largest absolute Gasteiger partial charge is 0.493 e. The summed E-state index contributed by atoms with van der Waals surface area (Å²) in [6.45, 7) is 2.60. The molecule has 0 bridgehead atoms. The highest BCUT2D eigenvalue weighted by molar-refractivity contribution is 7.92. The predicted octanol–water partition coefficient (Wildman–Crippen LogP) is 2.28. The van der Waals surface area contributed by atoms with Gasteiger partial charge in [0.2, 0.25) is 0 Å². The molecule has 11 heteroatoms. The first-order valence-electron chi connectivity index (χ1n) is 9.79. The number of benzene rings is 2. The van der Waals surface area contributed by atoms with Crippen molar-refractivity contribution in [3.8, 4) is 11.5 Å². The third-order valence-corrected chi connectivity index (χ3v) is 7.51. The van der Waals surface area contributed by atoms with Crippen LogP contribution in [-0.2, 0) is 24.7 Å². The number of hydrogen-bond donors (Lipinski definition) is 2. The third kappa shape index (κ3) is 6.21. The second kappa shape index (κ2) is 9.08. The van der Waals surface area contributed by atoms with Gasteiger partial charge in [0, 0.05) is 17.7 Å². The predicted molar refractivity (Wildman–Crippen MR) is 118 cm³/mol. The van der Waals surface area contributed by atoms with E-state index in [0.29, 0.717) is 24.5 Å². The van der Waals surface area contributed by atoms with Crippen LogP contribution in [0.4, 0.5) is 0 Å². The first kappa shape index (κ1) is 24.0. The van der Waals surface area contributed by atoms with Gasteiger partial charge in [-0.15, -0.1) is 0 Å². The fourth-order valence-electron chi connectivity index (χ4n) is 3.10. The number of aryl methyl sites for hydroxylation is 1. The molecule has 1 saturated carbocycles. The van der Waals surface area contributed by atoms with Crippen LogP contribution in [0.15, 0.2) is 52.3 Å². The molecular weight excluding hydrogens is 456 g/mol. The van der Waals surface area contributed by atoms with E-state index in [4.69, 9.17) is 24.8 Å². The lowest BCUT2D eigenvalue weighted by atomic mass is 10.1. The molecule has 0 unspecified atom stereocenters. The molecule has 2 aromatic rings. The Balaban J connectivity index is 1.75. The average molecular weight is 483 g/mol. The minimum atomic E-state index is -4.40. The number of hydrogen-bond acceptors (Lipinski definition) is 8. The van der Waals surface area contributed by atoms with Crippen LogP contribution in [0.25, 0.3) is 0 Å². The zero-order chi connectivity index (χ0) is 23.6. The lowest BCUT2D eigenvalue weighted by Gasteiger charge is -2.17. The highest BCUT2D eigenvalue weighted by Gasteiger charge is 2.44. The van der Waals surface area contributed by atoms with Gasteiger partial charge in [-0.1, -0.05) is 12.1 Å². The van der Waals surface area contributed by atoms with Crippen LogP contribution >= 0.6 is 0 Å². The van der Waals surface area contributed by atoms with Gasteiger partial charge in [0.1, 0.15) is 28.8 Å². The van der Waals surface area contributed by atoms with Gasteiger partial charge in [0.25, 0.3) is 0 Å². The van der Waals surface area contributed by atoms with E-state index in [0.717, 1.165) is 19.1 Å². The summed E-state index contributed by atoms with van der Waals surface area (Å²) in [7, 11) is -8.17. The molecule has 32 heavy (non-hydrogen) atoms. The number of rotatable bonds is 11. The average Bonchev–Trinajstić information content (AvgIpc) is 3.45. The molecule has 0 aliphatic heterocycles. The molecule has 0 heterocycles. The summed E-state index contributed by atoms with van der Waals surface area (Å²) in [5.41, 5.74) is 5.85. The Morgan fingerprint density at radius 2 is 1.66 bits per heavy atom. The van der Waals surface area contributed by atoms with Crippen molar-refractivity contribution in [2.75, 3.05) is 26.1 Å². The summed E-state index contributed by atoms with van der Waals surface area (Å²) in [6.07, 6.45) is 2.77. The van der Waals surface area contributed by atoms with Crippen molar-refractivity contribution in [2.45, 2.75) is 29.6 Å². The number of ether oxygens (including phenoxy) is 2. The van der Waals surface area contributed by atoms with E-state index in [1.54, 1.807) is 13.0 Å². The minimum Gasteiger partial charge on any atom is -0.493 e. The quantitative estimate of drug-likeness (QED) is 0.282. The zero-order valence-corrected chi connectivity index (χ0v) is 19.5. The summed E-state index contributed by atoms with van der Waals surface area (Å²) in [5, 5.41) is 7.21. The molecule has 1 aliphatic rings. The van der Waals surface area contributed by atoms with E-state index in [1.165, 1.54) is 36.4 Å². The number of sulfone groups is 1. The number of nitrogens with two attached hydrogens (primary N) is 1. The Labute approximate surface area is 188 Å². The minimum absolute atomic E-state index is 0.0148. The maximum atomic E-state index is 12.8. The van der Waals surface area contributed by atoms with Crippen molar-refractivity contribution >= 4 is 25.8 Å². The van der Waals surface area contributed by atoms with Crippen LogP contribution < -0.4 is 14.7 Å². The highest BCUT2D eigenvalue weighted by atomic mass is 32.2. The summed E-state index contributed by atoms with van der Waals surface area (Å²) in [4.78, 5) is -0.753. The van der Waals surface area contributed by atoms with Gasteiger partial charge < -0.3 is 19.4 Å². The fraction of sp³-hybridized carbons (Fsp3) is 0.381. The van der Waals surface area contributed by atoms with E-state index in [-0.39, 0.29) is 28.5 Å². The molecule has 0 amide bonds. The molecule has 9 nitrogen and oxygen atoms in total. The Kier molecular flexibility index (Phi) is 6.82. The lowest BCUT2D eigenvalue weighted by Crippen LogP contribution is -2.24. The molecule has 2 aromatic carbocycles.